The first-order valence-corrected chi connectivity index (χ1v) is 11.6. The Morgan fingerprint density at radius 2 is 2.06 bits per heavy atom. The summed E-state index contributed by atoms with van der Waals surface area (Å²) in [6, 6.07) is 8.21. The van der Waals surface area contributed by atoms with Crippen molar-refractivity contribution >= 4 is 17.6 Å². The number of nitrogens with zero attached hydrogens (tertiary/aromatic N) is 4. The molecule has 1 aromatic heterocycles. The Morgan fingerprint density at radius 1 is 1.19 bits per heavy atom. The molecule has 4 rings (SSSR count). The van der Waals surface area contributed by atoms with Crippen molar-refractivity contribution < 1.29 is 14.1 Å². The molecule has 2 aromatic rings. The standard InChI is InChI=1S/C23H32N6O3/c1-2-24-23(31)29-15-6-10-19(29)22-26-21(32-27-22)12-11-20(30)25-13-16-28-14-5-8-17-7-3-4-9-18(17)28/h3-4,7,9,19H,2,5-6,8,10-16H2,1H3,(H,24,31)(H,25,30). The number of aryl methyl sites for hydroxylation is 2. The van der Waals surface area contributed by atoms with E-state index >= 15 is 0 Å². The number of rotatable bonds is 8. The Labute approximate surface area is 188 Å². The van der Waals surface area contributed by atoms with Crippen molar-refractivity contribution in [1.29, 1.82) is 0 Å². The highest BCUT2D eigenvalue weighted by molar-refractivity contribution is 5.76. The number of nitrogens with one attached hydrogen (secondary N) is 2. The number of aromatic nitrogens is 2. The number of hydrogen-bond acceptors (Lipinski definition) is 6. The van der Waals surface area contributed by atoms with Gasteiger partial charge in [0.25, 0.3) is 0 Å². The quantitative estimate of drug-likeness (QED) is 0.654. The van der Waals surface area contributed by atoms with Crippen molar-refractivity contribution in [2.24, 2.45) is 0 Å². The van der Waals surface area contributed by atoms with Gasteiger partial charge >= 0.3 is 6.03 Å². The molecule has 9 nitrogen and oxygen atoms in total. The van der Waals surface area contributed by atoms with E-state index in [4.69, 9.17) is 4.52 Å². The maximum absolute atomic E-state index is 12.3. The van der Waals surface area contributed by atoms with Crippen molar-refractivity contribution in [3.8, 4) is 0 Å². The summed E-state index contributed by atoms with van der Waals surface area (Å²) in [6.07, 6.45) is 4.67. The Morgan fingerprint density at radius 3 is 2.94 bits per heavy atom. The van der Waals surface area contributed by atoms with Crippen LogP contribution in [0.3, 0.4) is 0 Å². The van der Waals surface area contributed by atoms with Crippen LogP contribution in [0.5, 0.6) is 0 Å². The van der Waals surface area contributed by atoms with E-state index in [2.05, 4.69) is 49.9 Å². The summed E-state index contributed by atoms with van der Waals surface area (Å²) in [5.41, 5.74) is 2.66. The maximum atomic E-state index is 12.3. The smallest absolute Gasteiger partial charge is 0.318 e. The average molecular weight is 441 g/mol. The van der Waals surface area contributed by atoms with Crippen molar-refractivity contribution in [3.05, 3.63) is 41.5 Å². The highest BCUT2D eigenvalue weighted by Gasteiger charge is 2.33. The van der Waals surface area contributed by atoms with Gasteiger partial charge in [-0.1, -0.05) is 23.4 Å². The third-order valence-corrected chi connectivity index (χ3v) is 6.10. The first kappa shape index (κ1) is 22.1. The van der Waals surface area contributed by atoms with Gasteiger partial charge in [0.1, 0.15) is 0 Å². The lowest BCUT2D eigenvalue weighted by molar-refractivity contribution is -0.121. The van der Waals surface area contributed by atoms with Crippen LogP contribution < -0.4 is 15.5 Å². The number of likely N-dealkylation sites (tertiary alicyclic amines) is 1. The molecule has 2 N–H and O–H groups in total. The lowest BCUT2D eigenvalue weighted by Gasteiger charge is -2.31. The summed E-state index contributed by atoms with van der Waals surface area (Å²) < 4.78 is 5.35. The molecule has 0 aliphatic carbocycles. The molecule has 1 unspecified atom stereocenters. The molecular formula is C23H32N6O3. The first-order chi connectivity index (χ1) is 15.7. The molecular weight excluding hydrogens is 408 g/mol. The van der Waals surface area contributed by atoms with Gasteiger partial charge in [-0.05, 0) is 44.2 Å². The molecule has 1 atom stereocenters. The molecule has 3 amide bonds. The van der Waals surface area contributed by atoms with Gasteiger partial charge in [-0.25, -0.2) is 4.79 Å². The molecule has 0 bridgehead atoms. The number of amides is 3. The van der Waals surface area contributed by atoms with Crippen LogP contribution in [0, 0.1) is 0 Å². The van der Waals surface area contributed by atoms with Crippen molar-refractivity contribution in [1.82, 2.24) is 25.7 Å². The Hall–Kier alpha value is -3.10. The SMILES string of the molecule is CCNC(=O)N1CCCC1c1noc(CCC(=O)NCCN2CCCc3ccccc32)n1. The van der Waals surface area contributed by atoms with E-state index in [1.165, 1.54) is 11.3 Å². The minimum Gasteiger partial charge on any atom is -0.370 e. The van der Waals surface area contributed by atoms with Gasteiger partial charge in [0.2, 0.25) is 11.8 Å². The topological polar surface area (TPSA) is 104 Å². The summed E-state index contributed by atoms with van der Waals surface area (Å²) in [6.45, 7) is 5.58. The Balaban J connectivity index is 1.22. The first-order valence-electron chi connectivity index (χ1n) is 11.6. The van der Waals surface area contributed by atoms with Crippen LogP contribution >= 0.6 is 0 Å². The van der Waals surface area contributed by atoms with Crippen molar-refractivity contribution in [2.45, 2.75) is 51.5 Å². The average Bonchev–Trinajstić information content (AvgIpc) is 3.47. The number of benzene rings is 1. The molecule has 2 aliphatic rings. The molecule has 2 aliphatic heterocycles. The molecule has 9 heteroatoms. The van der Waals surface area contributed by atoms with Gasteiger partial charge in [-0.15, -0.1) is 0 Å². The molecule has 1 aromatic carbocycles. The summed E-state index contributed by atoms with van der Waals surface area (Å²) in [5, 5.41) is 9.89. The minimum atomic E-state index is -0.166. The van der Waals surface area contributed by atoms with Gasteiger partial charge in [0, 0.05) is 51.3 Å². The number of hydrogen-bond donors (Lipinski definition) is 2. The minimum absolute atomic E-state index is 0.0279. The normalized spacial score (nSPS) is 17.8. The van der Waals surface area contributed by atoms with Gasteiger partial charge in [-0.2, -0.15) is 4.98 Å². The van der Waals surface area contributed by atoms with E-state index in [1.54, 1.807) is 4.90 Å². The summed E-state index contributed by atoms with van der Waals surface area (Å²) in [4.78, 5) is 33.0. The predicted octanol–water partition coefficient (Wildman–Crippen LogP) is 2.44. The number of urea groups is 1. The zero-order chi connectivity index (χ0) is 22.3. The third kappa shape index (κ3) is 5.20. The molecule has 1 saturated heterocycles. The van der Waals surface area contributed by atoms with Crippen LogP contribution in [0.1, 0.15) is 55.9 Å². The van der Waals surface area contributed by atoms with Crippen LogP contribution in [-0.2, 0) is 17.6 Å². The molecule has 0 radical (unpaired) electrons. The van der Waals surface area contributed by atoms with Crippen LogP contribution in [0.15, 0.2) is 28.8 Å². The van der Waals surface area contributed by atoms with Gasteiger partial charge in [-0.3, -0.25) is 4.79 Å². The van der Waals surface area contributed by atoms with E-state index in [9.17, 15) is 9.59 Å². The molecule has 3 heterocycles. The van der Waals surface area contributed by atoms with Crippen molar-refractivity contribution in [3.63, 3.8) is 0 Å². The van der Waals surface area contributed by atoms with E-state index in [-0.39, 0.29) is 18.0 Å². The number of fused-ring (bicyclic) bond motifs is 1. The summed E-state index contributed by atoms with van der Waals surface area (Å²) >= 11 is 0. The van der Waals surface area contributed by atoms with E-state index in [0.29, 0.717) is 44.2 Å². The molecule has 172 valence electrons. The maximum Gasteiger partial charge on any atom is 0.318 e. The van der Waals surface area contributed by atoms with Gasteiger partial charge < -0.3 is 25.0 Å². The lowest BCUT2D eigenvalue weighted by atomic mass is 10.0. The van der Waals surface area contributed by atoms with Gasteiger partial charge in [0.05, 0.1) is 6.04 Å². The highest BCUT2D eigenvalue weighted by atomic mass is 16.5. The fraction of sp³-hybridized carbons (Fsp3) is 0.565. The Kier molecular flexibility index (Phi) is 7.24. The van der Waals surface area contributed by atoms with Crippen LogP contribution in [0.4, 0.5) is 10.5 Å². The third-order valence-electron chi connectivity index (χ3n) is 6.10. The number of carbonyl (C=O) groups is 2. The van der Waals surface area contributed by atoms with Crippen molar-refractivity contribution in [2.75, 3.05) is 37.6 Å². The second kappa shape index (κ2) is 10.5. The summed E-state index contributed by atoms with van der Waals surface area (Å²) in [7, 11) is 0. The lowest BCUT2D eigenvalue weighted by Crippen LogP contribution is -2.39. The number of anilines is 1. The fourth-order valence-corrected chi connectivity index (χ4v) is 4.52. The van der Waals surface area contributed by atoms with Gasteiger partial charge in [0.15, 0.2) is 5.82 Å². The predicted molar refractivity (Wildman–Crippen MR) is 120 cm³/mol. The second-order valence-corrected chi connectivity index (χ2v) is 8.30. The van der Waals surface area contributed by atoms with Crippen LogP contribution in [0.25, 0.3) is 0 Å². The summed E-state index contributed by atoms with van der Waals surface area (Å²) in [5.74, 6) is 0.927. The molecule has 1 fully saturated rings. The van der Waals surface area contributed by atoms with E-state index < -0.39 is 0 Å². The number of para-hydroxylation sites is 1. The highest BCUT2D eigenvalue weighted by Crippen LogP contribution is 2.30. The Bertz CT molecular complexity index is 930. The molecule has 0 spiro atoms. The second-order valence-electron chi connectivity index (χ2n) is 8.30. The zero-order valence-corrected chi connectivity index (χ0v) is 18.7. The molecule has 0 saturated carbocycles. The van der Waals surface area contributed by atoms with Crippen LogP contribution in [0.2, 0.25) is 0 Å². The van der Waals surface area contributed by atoms with E-state index in [0.717, 1.165) is 38.8 Å². The monoisotopic (exact) mass is 440 g/mol. The number of carbonyl (C=O) groups excluding carboxylic acids is 2. The fourth-order valence-electron chi connectivity index (χ4n) is 4.52. The van der Waals surface area contributed by atoms with E-state index in [1.807, 2.05) is 6.92 Å². The zero-order valence-electron chi connectivity index (χ0n) is 18.7. The van der Waals surface area contributed by atoms with Crippen LogP contribution in [-0.4, -0.2) is 59.7 Å². The molecule has 32 heavy (non-hydrogen) atoms. The largest absolute Gasteiger partial charge is 0.370 e.